The van der Waals surface area contributed by atoms with Crippen LogP contribution in [-0.2, 0) is 19.6 Å². The Labute approximate surface area is 206 Å². The molecule has 1 aliphatic heterocycles. The van der Waals surface area contributed by atoms with Crippen LogP contribution in [0.5, 0.6) is 11.5 Å². The fourth-order valence-corrected chi connectivity index (χ4v) is 5.14. The molecule has 2 aliphatic rings. The van der Waals surface area contributed by atoms with Crippen LogP contribution >= 0.6 is 0 Å². The van der Waals surface area contributed by atoms with Crippen molar-refractivity contribution in [3.63, 3.8) is 0 Å². The number of pyridine rings is 1. The molecule has 6 rings (SSSR count). The first-order chi connectivity index (χ1) is 17.6. The maximum Gasteiger partial charge on any atom is 0.252 e. The Morgan fingerprint density at radius 1 is 1.00 bits per heavy atom. The maximum absolute atomic E-state index is 13.5. The van der Waals surface area contributed by atoms with Crippen molar-refractivity contribution in [2.75, 3.05) is 6.79 Å². The largest absolute Gasteiger partial charge is 0.454 e. The fourth-order valence-electron chi connectivity index (χ4n) is 5.14. The lowest BCUT2D eigenvalue weighted by molar-refractivity contribution is 0.174. The predicted molar refractivity (Wildman–Crippen MR) is 130 cm³/mol. The zero-order chi connectivity index (χ0) is 24.5. The highest BCUT2D eigenvalue weighted by Gasteiger charge is 2.22. The third-order valence-corrected chi connectivity index (χ3v) is 6.97. The van der Waals surface area contributed by atoms with Crippen LogP contribution in [0.1, 0.15) is 55.1 Å². The summed E-state index contributed by atoms with van der Waals surface area (Å²) in [5.74, 6) is 1.77. The predicted octanol–water partition coefficient (Wildman–Crippen LogP) is 4.09. The summed E-state index contributed by atoms with van der Waals surface area (Å²) < 4.78 is 26.4. The summed E-state index contributed by atoms with van der Waals surface area (Å²) in [5, 5.41) is 13.4. The van der Waals surface area contributed by atoms with Crippen molar-refractivity contribution >= 4 is 10.9 Å². The smallest absolute Gasteiger partial charge is 0.252 e. The lowest BCUT2D eigenvalue weighted by Gasteiger charge is -2.25. The van der Waals surface area contributed by atoms with Crippen LogP contribution in [0, 0.1) is 5.82 Å². The van der Waals surface area contributed by atoms with E-state index in [1.54, 1.807) is 18.2 Å². The van der Waals surface area contributed by atoms with Gasteiger partial charge in [-0.05, 0) is 53.1 Å². The fraction of sp³-hybridized carbons (Fsp3) is 0.385. The summed E-state index contributed by atoms with van der Waals surface area (Å²) in [7, 11) is 0. The number of nitrogens with one attached hydrogen (secondary N) is 1. The van der Waals surface area contributed by atoms with Crippen molar-refractivity contribution in [1.29, 1.82) is 0 Å². The van der Waals surface area contributed by atoms with E-state index < -0.39 is 0 Å². The number of hydrogen-bond donors (Lipinski definition) is 1. The average molecular weight is 491 g/mol. The number of halogens is 1. The Balaban J connectivity index is 1.31. The first-order valence-corrected chi connectivity index (χ1v) is 12.3. The highest BCUT2D eigenvalue weighted by atomic mass is 19.1. The van der Waals surface area contributed by atoms with Crippen LogP contribution in [0.4, 0.5) is 4.39 Å². The van der Waals surface area contributed by atoms with Crippen LogP contribution in [-0.4, -0.2) is 36.9 Å². The molecule has 2 aromatic heterocycles. The molecule has 3 heterocycles. The summed E-state index contributed by atoms with van der Waals surface area (Å²) in [6.45, 7) is 1.51. The summed E-state index contributed by atoms with van der Waals surface area (Å²) in [6, 6.07) is 12.3. The van der Waals surface area contributed by atoms with Gasteiger partial charge in [0.25, 0.3) is 5.56 Å². The molecule has 2 aromatic carbocycles. The van der Waals surface area contributed by atoms with Gasteiger partial charge in [-0.15, -0.1) is 5.10 Å². The number of ether oxygens (including phenoxy) is 2. The van der Waals surface area contributed by atoms with Gasteiger partial charge in [0.05, 0.1) is 18.1 Å². The monoisotopic (exact) mass is 490 g/mol. The van der Waals surface area contributed by atoms with E-state index in [9.17, 15) is 9.18 Å². The van der Waals surface area contributed by atoms with E-state index in [0.717, 1.165) is 29.6 Å². The topological polar surface area (TPSA) is 98.2 Å². The quantitative estimate of drug-likeness (QED) is 0.417. The molecule has 0 unspecified atom stereocenters. The first-order valence-electron chi connectivity index (χ1n) is 12.3. The Hall–Kier alpha value is -3.79. The summed E-state index contributed by atoms with van der Waals surface area (Å²) in [5.41, 5.74) is 2.07. The van der Waals surface area contributed by atoms with Gasteiger partial charge in [-0.1, -0.05) is 31.4 Å². The number of H-pyrrole nitrogens is 1. The van der Waals surface area contributed by atoms with Crippen molar-refractivity contribution < 1.29 is 13.9 Å². The van der Waals surface area contributed by atoms with Crippen LogP contribution in [0.15, 0.2) is 47.3 Å². The lowest BCUT2D eigenvalue weighted by Crippen LogP contribution is -2.29. The molecule has 0 atom stereocenters. The Bertz CT molecular complexity index is 1430. The number of rotatable bonds is 7. The minimum atomic E-state index is -0.281. The number of hydrogen-bond acceptors (Lipinski definition) is 7. The second-order valence-electron chi connectivity index (χ2n) is 9.52. The molecule has 0 saturated heterocycles. The first kappa shape index (κ1) is 22.7. The second-order valence-corrected chi connectivity index (χ2v) is 9.52. The van der Waals surface area contributed by atoms with Gasteiger partial charge < -0.3 is 14.5 Å². The molecular formula is C26H27FN6O3. The molecule has 36 heavy (non-hydrogen) atoms. The summed E-state index contributed by atoms with van der Waals surface area (Å²) in [6.07, 6.45) is 5.73. The van der Waals surface area contributed by atoms with Gasteiger partial charge >= 0.3 is 0 Å². The van der Waals surface area contributed by atoms with E-state index >= 15 is 0 Å². The zero-order valence-electron chi connectivity index (χ0n) is 19.8. The molecule has 10 heteroatoms. The van der Waals surface area contributed by atoms with E-state index in [0.29, 0.717) is 48.3 Å². The molecule has 0 spiro atoms. The number of fused-ring (bicyclic) bond motifs is 2. The molecule has 1 N–H and O–H groups in total. The van der Waals surface area contributed by atoms with E-state index in [4.69, 9.17) is 9.47 Å². The third kappa shape index (κ3) is 4.68. The molecule has 1 fully saturated rings. The van der Waals surface area contributed by atoms with E-state index in [1.807, 2.05) is 16.8 Å². The maximum atomic E-state index is 13.5. The molecule has 9 nitrogen and oxygen atoms in total. The average Bonchev–Trinajstić information content (AvgIpc) is 3.54. The van der Waals surface area contributed by atoms with Gasteiger partial charge in [-0.25, -0.2) is 9.07 Å². The normalized spacial score (nSPS) is 15.7. The van der Waals surface area contributed by atoms with Gasteiger partial charge in [-0.3, -0.25) is 9.69 Å². The highest BCUT2D eigenvalue weighted by molar-refractivity contribution is 5.83. The minimum absolute atomic E-state index is 0.169. The lowest BCUT2D eigenvalue weighted by atomic mass is 9.95. The van der Waals surface area contributed by atoms with Crippen LogP contribution < -0.4 is 15.0 Å². The molecule has 0 amide bonds. The van der Waals surface area contributed by atoms with Gasteiger partial charge in [0, 0.05) is 30.1 Å². The third-order valence-electron chi connectivity index (χ3n) is 6.97. The van der Waals surface area contributed by atoms with Crippen LogP contribution in [0.25, 0.3) is 10.9 Å². The summed E-state index contributed by atoms with van der Waals surface area (Å²) in [4.78, 5) is 18.1. The molecule has 4 aromatic rings. The summed E-state index contributed by atoms with van der Waals surface area (Å²) >= 11 is 0. The number of tetrazole rings is 1. The Morgan fingerprint density at radius 3 is 2.58 bits per heavy atom. The number of benzene rings is 2. The van der Waals surface area contributed by atoms with Crippen molar-refractivity contribution in [2.45, 2.75) is 57.8 Å². The van der Waals surface area contributed by atoms with Crippen molar-refractivity contribution in [3.8, 4) is 11.5 Å². The molecule has 0 bridgehead atoms. The second kappa shape index (κ2) is 9.69. The highest BCUT2D eigenvalue weighted by Crippen LogP contribution is 2.35. The van der Waals surface area contributed by atoms with Gasteiger partial charge in [-0.2, -0.15) is 0 Å². The van der Waals surface area contributed by atoms with Crippen LogP contribution in [0.3, 0.4) is 0 Å². The molecule has 1 saturated carbocycles. The van der Waals surface area contributed by atoms with Gasteiger partial charge in [0.15, 0.2) is 17.3 Å². The number of aromatic amines is 1. The van der Waals surface area contributed by atoms with Gasteiger partial charge in [0.1, 0.15) is 5.82 Å². The van der Waals surface area contributed by atoms with E-state index in [-0.39, 0.29) is 18.2 Å². The zero-order valence-corrected chi connectivity index (χ0v) is 19.8. The van der Waals surface area contributed by atoms with Crippen molar-refractivity contribution in [1.82, 2.24) is 30.1 Å². The molecule has 0 radical (unpaired) electrons. The number of aromatic nitrogens is 5. The van der Waals surface area contributed by atoms with E-state index in [1.165, 1.54) is 31.4 Å². The van der Waals surface area contributed by atoms with Crippen molar-refractivity contribution in [2.24, 2.45) is 0 Å². The van der Waals surface area contributed by atoms with Crippen LogP contribution in [0.2, 0.25) is 0 Å². The standard InChI is InChI=1S/C26H27FN6O3/c27-20-8-6-17(7-9-20)13-32(15-25-29-30-31-33(25)21-4-2-1-3-5-21)14-19-10-18-11-23-24(36-16-35-23)12-22(18)28-26(19)34/h6-12,21H,1-5,13-16H2,(H,28,34). The molecule has 1 aliphatic carbocycles. The molecule has 186 valence electrons. The minimum Gasteiger partial charge on any atom is -0.454 e. The van der Waals surface area contributed by atoms with Gasteiger partial charge in [0.2, 0.25) is 6.79 Å². The van der Waals surface area contributed by atoms with Crippen molar-refractivity contribution in [3.05, 3.63) is 75.6 Å². The Morgan fingerprint density at radius 2 is 1.78 bits per heavy atom. The molecular weight excluding hydrogens is 463 g/mol. The number of nitrogens with zero attached hydrogens (tertiary/aromatic N) is 5. The SMILES string of the molecule is O=c1[nH]c2cc3c(cc2cc1CN(Cc1ccc(F)cc1)Cc1nnnn1C1CCCCC1)OCO3. The Kier molecular flexibility index (Phi) is 6.10. The van der Waals surface area contributed by atoms with E-state index in [2.05, 4.69) is 25.4 Å².